The van der Waals surface area contributed by atoms with Crippen LogP contribution in [0.25, 0.3) is 0 Å². The molecule has 0 fully saturated rings. The number of unbranched alkanes of at least 4 members (excludes halogenated alkanes) is 11. The van der Waals surface area contributed by atoms with Gasteiger partial charge in [-0.1, -0.05) is 76.9 Å². The van der Waals surface area contributed by atoms with Gasteiger partial charge >= 0.3 is 5.97 Å². The minimum absolute atomic E-state index is 0.101. The molecule has 0 aromatic rings. The fourth-order valence-electron chi connectivity index (χ4n) is 2.80. The van der Waals surface area contributed by atoms with Crippen molar-refractivity contribution in [2.75, 3.05) is 0 Å². The molecule has 3 nitrogen and oxygen atoms in total. The lowest BCUT2D eigenvalue weighted by Gasteiger charge is -2.07. The molecule has 0 spiro atoms. The smallest absolute Gasteiger partial charge is 0.304 e. The van der Waals surface area contributed by atoms with Crippen molar-refractivity contribution in [1.29, 1.82) is 0 Å². The van der Waals surface area contributed by atoms with Gasteiger partial charge < -0.3 is 10.8 Å². The van der Waals surface area contributed by atoms with E-state index < -0.39 is 5.97 Å². The topological polar surface area (TPSA) is 63.3 Å². The quantitative estimate of drug-likeness (QED) is 0.261. The van der Waals surface area contributed by atoms with Crippen LogP contribution in [-0.2, 0) is 4.79 Å². The van der Waals surface area contributed by atoms with Gasteiger partial charge in [-0.15, -0.1) is 0 Å². The van der Waals surface area contributed by atoms with Crippen molar-refractivity contribution in [3.63, 3.8) is 0 Å². The first-order chi connectivity index (χ1) is 11.2. The van der Waals surface area contributed by atoms with Crippen LogP contribution < -0.4 is 5.73 Å². The van der Waals surface area contributed by atoms with Gasteiger partial charge in [0.1, 0.15) is 0 Å². The number of carboxylic acid groups (broad SMARTS) is 1. The van der Waals surface area contributed by atoms with E-state index in [9.17, 15) is 4.79 Å². The van der Waals surface area contributed by atoms with Crippen molar-refractivity contribution >= 4 is 5.97 Å². The Morgan fingerprint density at radius 3 is 1.87 bits per heavy atom. The van der Waals surface area contributed by atoms with Crippen LogP contribution in [0.1, 0.15) is 103 Å². The summed E-state index contributed by atoms with van der Waals surface area (Å²) in [5, 5.41) is 8.62. The predicted octanol–water partition coefficient (Wildman–Crippen LogP) is 5.83. The van der Waals surface area contributed by atoms with Crippen molar-refractivity contribution in [3.05, 3.63) is 12.2 Å². The summed E-state index contributed by atoms with van der Waals surface area (Å²) < 4.78 is 0. The van der Waals surface area contributed by atoms with Crippen LogP contribution in [-0.4, -0.2) is 17.1 Å². The van der Waals surface area contributed by atoms with Crippen LogP contribution in [0, 0.1) is 0 Å². The molecule has 3 N–H and O–H groups in total. The Bertz CT molecular complexity index is 289. The Balaban J connectivity index is 3.17. The number of carboxylic acids is 1. The number of aliphatic carboxylic acids is 1. The molecule has 0 aromatic heterocycles. The summed E-state index contributed by atoms with van der Waals surface area (Å²) in [6.45, 7) is 2.26. The molecule has 0 radical (unpaired) electrons. The lowest BCUT2D eigenvalue weighted by molar-refractivity contribution is -0.137. The molecular weight excluding hydrogens is 286 g/mol. The van der Waals surface area contributed by atoms with Crippen molar-refractivity contribution in [1.82, 2.24) is 0 Å². The summed E-state index contributed by atoms with van der Waals surface area (Å²) in [6, 6.07) is -0.169. The number of rotatable bonds is 17. The zero-order valence-electron chi connectivity index (χ0n) is 15.3. The van der Waals surface area contributed by atoms with Crippen molar-refractivity contribution < 1.29 is 9.90 Å². The Morgan fingerprint density at radius 1 is 0.870 bits per heavy atom. The van der Waals surface area contributed by atoms with Crippen LogP contribution >= 0.6 is 0 Å². The normalized spacial score (nSPS) is 12.8. The Morgan fingerprint density at radius 2 is 1.35 bits per heavy atom. The molecule has 0 heterocycles. The minimum atomic E-state index is -0.787. The first-order valence-electron chi connectivity index (χ1n) is 9.79. The van der Waals surface area contributed by atoms with E-state index in [1.54, 1.807) is 0 Å². The van der Waals surface area contributed by atoms with Crippen LogP contribution in [0.15, 0.2) is 12.2 Å². The number of hydrogen-bond acceptors (Lipinski definition) is 2. The molecule has 0 rings (SSSR count). The monoisotopic (exact) mass is 325 g/mol. The van der Waals surface area contributed by atoms with E-state index in [4.69, 9.17) is 10.8 Å². The maximum atomic E-state index is 10.5. The summed E-state index contributed by atoms with van der Waals surface area (Å²) in [7, 11) is 0. The molecule has 1 unspecified atom stereocenters. The summed E-state index contributed by atoms with van der Waals surface area (Å²) in [4.78, 5) is 10.5. The molecule has 0 aliphatic heterocycles. The second-order valence-electron chi connectivity index (χ2n) is 6.73. The number of allylic oxidation sites excluding steroid dienone is 2. The maximum Gasteiger partial charge on any atom is 0.304 e. The molecule has 0 aliphatic carbocycles. The largest absolute Gasteiger partial charge is 0.481 e. The fourth-order valence-corrected chi connectivity index (χ4v) is 2.80. The molecule has 1 atom stereocenters. The summed E-state index contributed by atoms with van der Waals surface area (Å²) in [5.74, 6) is -0.787. The second-order valence-corrected chi connectivity index (χ2v) is 6.73. The van der Waals surface area contributed by atoms with E-state index in [1.807, 2.05) is 0 Å². The van der Waals surface area contributed by atoms with Crippen molar-refractivity contribution in [2.24, 2.45) is 5.73 Å². The fraction of sp³-hybridized carbons (Fsp3) is 0.850. The average Bonchev–Trinajstić information content (AvgIpc) is 2.50. The number of hydrogen-bond donors (Lipinski definition) is 2. The minimum Gasteiger partial charge on any atom is -0.481 e. The maximum absolute atomic E-state index is 10.5. The average molecular weight is 326 g/mol. The number of nitrogens with two attached hydrogens (primary N) is 1. The van der Waals surface area contributed by atoms with Gasteiger partial charge in [-0.2, -0.15) is 0 Å². The Kier molecular flexibility index (Phi) is 16.9. The third kappa shape index (κ3) is 19.1. The van der Waals surface area contributed by atoms with Gasteiger partial charge in [0, 0.05) is 6.04 Å². The van der Waals surface area contributed by atoms with Gasteiger partial charge in [-0.25, -0.2) is 0 Å². The predicted molar refractivity (Wildman–Crippen MR) is 99.7 cm³/mol. The van der Waals surface area contributed by atoms with Crippen LogP contribution in [0.3, 0.4) is 0 Å². The molecule has 136 valence electrons. The van der Waals surface area contributed by atoms with Crippen LogP contribution in [0.5, 0.6) is 0 Å². The van der Waals surface area contributed by atoms with Gasteiger partial charge in [0.05, 0.1) is 6.42 Å². The first-order valence-corrected chi connectivity index (χ1v) is 9.79. The first kappa shape index (κ1) is 22.2. The zero-order valence-corrected chi connectivity index (χ0v) is 15.3. The highest BCUT2D eigenvalue weighted by Gasteiger charge is 2.06. The SMILES string of the molecule is CCCCCCCC/C=C\CCCCCCCC(N)CC(=O)O. The van der Waals surface area contributed by atoms with E-state index in [-0.39, 0.29) is 12.5 Å². The second kappa shape index (κ2) is 17.5. The molecule has 0 amide bonds. The van der Waals surface area contributed by atoms with E-state index in [0.717, 1.165) is 12.8 Å². The van der Waals surface area contributed by atoms with Gasteiger partial charge in [0.15, 0.2) is 0 Å². The lowest BCUT2D eigenvalue weighted by Crippen LogP contribution is -2.23. The summed E-state index contributed by atoms with van der Waals surface area (Å²) >= 11 is 0. The van der Waals surface area contributed by atoms with E-state index >= 15 is 0 Å². The van der Waals surface area contributed by atoms with Gasteiger partial charge in [0.25, 0.3) is 0 Å². The molecular formula is C20H39NO2. The molecule has 23 heavy (non-hydrogen) atoms. The molecule has 0 saturated carbocycles. The van der Waals surface area contributed by atoms with Crippen molar-refractivity contribution in [2.45, 2.75) is 109 Å². The standard InChI is InChI=1S/C20H39NO2/c1-2-3-4-5-6-7-8-9-10-11-12-13-14-15-16-17-19(21)18-20(22)23/h9-10,19H,2-8,11-18,21H2,1H3,(H,22,23)/b10-9-. The zero-order chi connectivity index (χ0) is 17.2. The highest BCUT2D eigenvalue weighted by Crippen LogP contribution is 2.11. The molecule has 0 aliphatic rings. The molecule has 0 bridgehead atoms. The number of carbonyl (C=O) groups is 1. The molecule has 3 heteroatoms. The Hall–Kier alpha value is -0.830. The van der Waals surface area contributed by atoms with E-state index in [2.05, 4.69) is 19.1 Å². The van der Waals surface area contributed by atoms with Crippen molar-refractivity contribution in [3.8, 4) is 0 Å². The Labute approximate surface area is 143 Å². The highest BCUT2D eigenvalue weighted by molar-refractivity contribution is 5.67. The third-order valence-corrected chi connectivity index (χ3v) is 4.27. The molecule has 0 aromatic carbocycles. The van der Waals surface area contributed by atoms with Crippen LogP contribution in [0.2, 0.25) is 0 Å². The van der Waals surface area contributed by atoms with Crippen LogP contribution in [0.4, 0.5) is 0 Å². The third-order valence-electron chi connectivity index (χ3n) is 4.27. The lowest BCUT2D eigenvalue weighted by atomic mass is 10.0. The van der Waals surface area contributed by atoms with E-state index in [0.29, 0.717) is 0 Å². The molecule has 0 saturated heterocycles. The summed E-state index contributed by atoms with van der Waals surface area (Å²) in [6.07, 6.45) is 22.3. The van der Waals surface area contributed by atoms with Gasteiger partial charge in [-0.05, 0) is 32.1 Å². The summed E-state index contributed by atoms with van der Waals surface area (Å²) in [5.41, 5.74) is 5.74. The highest BCUT2D eigenvalue weighted by atomic mass is 16.4. The van der Waals surface area contributed by atoms with Gasteiger partial charge in [0.2, 0.25) is 0 Å². The van der Waals surface area contributed by atoms with E-state index in [1.165, 1.54) is 77.0 Å². The van der Waals surface area contributed by atoms with Gasteiger partial charge in [-0.3, -0.25) is 4.79 Å².